The summed E-state index contributed by atoms with van der Waals surface area (Å²) in [5, 5.41) is 9.77. The quantitative estimate of drug-likeness (QED) is 0.339. The number of rotatable bonds is 2. The van der Waals surface area contributed by atoms with Crippen LogP contribution in [0.3, 0.4) is 0 Å². The van der Waals surface area contributed by atoms with Crippen LogP contribution in [0.4, 0.5) is 13.2 Å². The molecular formula is C32H42F3NO4. The van der Waals surface area contributed by atoms with E-state index in [0.29, 0.717) is 32.1 Å². The van der Waals surface area contributed by atoms with Crippen LogP contribution >= 0.6 is 0 Å². The van der Waals surface area contributed by atoms with Crippen molar-refractivity contribution >= 4 is 17.5 Å². The lowest BCUT2D eigenvalue weighted by molar-refractivity contribution is -0.231. The van der Waals surface area contributed by atoms with Gasteiger partial charge in [0, 0.05) is 23.7 Å². The van der Waals surface area contributed by atoms with Crippen molar-refractivity contribution in [3.63, 3.8) is 0 Å². The normalized spacial score (nSPS) is 46.1. The van der Waals surface area contributed by atoms with E-state index in [1.165, 1.54) is 0 Å². The highest BCUT2D eigenvalue weighted by Gasteiger charge is 2.71. The molecule has 0 aliphatic heterocycles. The Balaban J connectivity index is 1.56. The highest BCUT2D eigenvalue weighted by Crippen LogP contribution is 2.75. The van der Waals surface area contributed by atoms with Crippen molar-refractivity contribution in [2.24, 2.45) is 56.7 Å². The number of nitriles is 1. The molecule has 0 aromatic carbocycles. The Morgan fingerprint density at radius 2 is 1.68 bits per heavy atom. The molecule has 0 saturated heterocycles. The molecule has 0 radical (unpaired) electrons. The van der Waals surface area contributed by atoms with Crippen molar-refractivity contribution in [2.75, 3.05) is 6.61 Å². The molecule has 0 bridgehead atoms. The summed E-state index contributed by atoms with van der Waals surface area (Å²) in [4.78, 5) is 39.1. The number of fused-ring (bicyclic) bond motifs is 7. The standard InChI is InChI=1S/C32H42F3NO4/c1-18-20-7-8-29(5)23(28(20,4)14-19(16-36)25(18)38)13-22(37)24-21-15-27(2,3)9-11-31(21,12-10-30(24,29)6)17-40-26(39)32(33,34)35/h14,18,20-21,23-24H,7-13,15,17H2,1-6H3/t18-,20-,21?,23+,24?,28-,29+,30+,31?/m0/s1. The number of ether oxygens (including phenoxy) is 1. The molecule has 8 heteroatoms. The molecule has 0 heterocycles. The number of carbonyl (C=O) groups is 3. The fourth-order valence-corrected chi connectivity index (χ4v) is 10.6. The summed E-state index contributed by atoms with van der Waals surface area (Å²) >= 11 is 0. The van der Waals surface area contributed by atoms with Crippen molar-refractivity contribution in [1.82, 2.24) is 0 Å². The maximum Gasteiger partial charge on any atom is 0.490 e. The summed E-state index contributed by atoms with van der Waals surface area (Å²) in [5.74, 6) is -2.92. The Morgan fingerprint density at radius 1 is 1.02 bits per heavy atom. The van der Waals surface area contributed by atoms with E-state index < -0.39 is 28.4 Å². The van der Waals surface area contributed by atoms with Gasteiger partial charge in [-0.25, -0.2) is 4.79 Å². The number of alkyl halides is 3. The number of Topliss-reactive ketones (excluding diaryl/α,β-unsaturated/α-hetero) is 2. The number of ketones is 2. The van der Waals surface area contributed by atoms with Crippen LogP contribution in [0.25, 0.3) is 0 Å². The molecule has 5 rings (SSSR count). The SMILES string of the molecule is C[C@@H]1C(=O)C(C#N)=C[C@]2(C)[C@H]3CC(=O)C4C5CC(C)(C)CCC5(COC(=O)C(F)(F)F)CC[C@@]4(C)[C@]3(C)CC[C@@H]12. The van der Waals surface area contributed by atoms with E-state index in [-0.39, 0.29) is 64.2 Å². The van der Waals surface area contributed by atoms with Gasteiger partial charge in [0.2, 0.25) is 0 Å². The molecule has 0 amide bonds. The number of esters is 1. The van der Waals surface area contributed by atoms with Crippen LogP contribution in [0.1, 0.15) is 92.9 Å². The summed E-state index contributed by atoms with van der Waals surface area (Å²) in [5.41, 5.74) is -1.67. The lowest BCUT2D eigenvalue weighted by Crippen LogP contribution is -2.68. The fraction of sp³-hybridized carbons (Fsp3) is 0.812. The molecule has 5 aliphatic rings. The first kappa shape index (κ1) is 29.3. The van der Waals surface area contributed by atoms with Crippen molar-refractivity contribution < 1.29 is 32.3 Å². The Bertz CT molecular complexity index is 1220. The Hall–Kier alpha value is -2.17. The molecule has 9 atom stereocenters. The zero-order valence-corrected chi connectivity index (χ0v) is 24.5. The van der Waals surface area contributed by atoms with Gasteiger partial charge in [-0.2, -0.15) is 18.4 Å². The summed E-state index contributed by atoms with van der Waals surface area (Å²) in [7, 11) is 0. The molecular weight excluding hydrogens is 519 g/mol. The van der Waals surface area contributed by atoms with E-state index >= 15 is 0 Å². The van der Waals surface area contributed by atoms with Crippen molar-refractivity contribution in [2.45, 2.75) is 99.1 Å². The van der Waals surface area contributed by atoms with Crippen molar-refractivity contribution in [3.05, 3.63) is 11.6 Å². The average Bonchev–Trinajstić information content (AvgIpc) is 2.86. The minimum absolute atomic E-state index is 0.0430. The number of allylic oxidation sites excluding steroid dienone is 2. The van der Waals surface area contributed by atoms with Gasteiger partial charge < -0.3 is 4.74 Å². The first-order valence-electron chi connectivity index (χ1n) is 14.8. The average molecular weight is 562 g/mol. The molecule has 4 fully saturated rings. The highest BCUT2D eigenvalue weighted by molar-refractivity contribution is 6.01. The second-order valence-electron chi connectivity index (χ2n) is 15.3. The first-order chi connectivity index (χ1) is 18.4. The maximum absolute atomic E-state index is 14.4. The number of halogens is 3. The summed E-state index contributed by atoms with van der Waals surface area (Å²) in [6.07, 6.45) is 2.24. The van der Waals surface area contributed by atoms with Gasteiger partial charge in [-0.05, 0) is 84.4 Å². The number of nitrogens with zero attached hydrogens (tertiary/aromatic N) is 1. The van der Waals surface area contributed by atoms with Gasteiger partial charge in [-0.1, -0.05) is 47.6 Å². The summed E-state index contributed by atoms with van der Waals surface area (Å²) in [6, 6.07) is 2.12. The molecule has 40 heavy (non-hydrogen) atoms. The smallest absolute Gasteiger partial charge is 0.458 e. The van der Waals surface area contributed by atoms with Gasteiger partial charge in [0.15, 0.2) is 5.78 Å². The second kappa shape index (κ2) is 8.91. The molecule has 0 spiro atoms. The van der Waals surface area contributed by atoms with E-state index in [1.807, 2.05) is 13.0 Å². The topological polar surface area (TPSA) is 84.2 Å². The molecule has 220 valence electrons. The third kappa shape index (κ3) is 3.96. The van der Waals surface area contributed by atoms with Crippen LogP contribution < -0.4 is 0 Å². The Labute approximate surface area is 235 Å². The minimum Gasteiger partial charge on any atom is -0.458 e. The summed E-state index contributed by atoms with van der Waals surface area (Å²) in [6.45, 7) is 12.5. The van der Waals surface area contributed by atoms with E-state index in [9.17, 15) is 32.8 Å². The van der Waals surface area contributed by atoms with Gasteiger partial charge in [0.25, 0.3) is 0 Å². The zero-order chi connectivity index (χ0) is 29.7. The first-order valence-corrected chi connectivity index (χ1v) is 14.8. The van der Waals surface area contributed by atoms with Gasteiger partial charge in [0.05, 0.1) is 12.2 Å². The molecule has 3 unspecified atom stereocenters. The maximum atomic E-state index is 14.4. The van der Waals surface area contributed by atoms with Crippen LogP contribution in [0.2, 0.25) is 0 Å². The Morgan fingerprint density at radius 3 is 2.30 bits per heavy atom. The zero-order valence-electron chi connectivity index (χ0n) is 24.5. The number of hydrogen-bond acceptors (Lipinski definition) is 5. The molecule has 5 aliphatic carbocycles. The van der Waals surface area contributed by atoms with Crippen LogP contribution in [-0.2, 0) is 19.1 Å². The molecule has 5 nitrogen and oxygen atoms in total. The van der Waals surface area contributed by atoms with Crippen molar-refractivity contribution in [1.29, 1.82) is 5.26 Å². The number of hydrogen-bond donors (Lipinski definition) is 0. The molecule has 0 N–H and O–H groups in total. The van der Waals surface area contributed by atoms with Gasteiger partial charge in [-0.15, -0.1) is 0 Å². The van der Waals surface area contributed by atoms with Crippen LogP contribution in [0.15, 0.2) is 11.6 Å². The van der Waals surface area contributed by atoms with Crippen LogP contribution in [0, 0.1) is 68.0 Å². The van der Waals surface area contributed by atoms with Crippen LogP contribution in [0.5, 0.6) is 0 Å². The highest BCUT2D eigenvalue weighted by atomic mass is 19.4. The fourth-order valence-electron chi connectivity index (χ4n) is 10.6. The monoisotopic (exact) mass is 561 g/mol. The molecule has 4 saturated carbocycles. The van der Waals surface area contributed by atoms with Crippen molar-refractivity contribution in [3.8, 4) is 6.07 Å². The lowest BCUT2D eigenvalue weighted by atomic mass is 9.32. The molecule has 0 aromatic heterocycles. The van der Waals surface area contributed by atoms with E-state index in [0.717, 1.165) is 19.3 Å². The van der Waals surface area contributed by atoms with E-state index in [4.69, 9.17) is 4.74 Å². The lowest BCUT2D eigenvalue weighted by Gasteiger charge is -2.71. The number of carbonyl (C=O) groups excluding carboxylic acids is 3. The largest absolute Gasteiger partial charge is 0.490 e. The predicted octanol–water partition coefficient (Wildman–Crippen LogP) is 7.00. The second-order valence-corrected chi connectivity index (χ2v) is 15.3. The van der Waals surface area contributed by atoms with Gasteiger partial charge >= 0.3 is 12.1 Å². The summed E-state index contributed by atoms with van der Waals surface area (Å²) < 4.78 is 44.2. The van der Waals surface area contributed by atoms with E-state index in [1.54, 1.807) is 0 Å². The van der Waals surface area contributed by atoms with Gasteiger partial charge in [0.1, 0.15) is 11.9 Å². The third-order valence-corrected chi connectivity index (χ3v) is 13.0. The third-order valence-electron chi connectivity index (χ3n) is 13.0. The predicted molar refractivity (Wildman–Crippen MR) is 141 cm³/mol. The van der Waals surface area contributed by atoms with Gasteiger partial charge in [-0.3, -0.25) is 9.59 Å². The van der Waals surface area contributed by atoms with Crippen LogP contribution in [-0.4, -0.2) is 30.3 Å². The van der Waals surface area contributed by atoms with E-state index in [2.05, 4.69) is 40.7 Å². The minimum atomic E-state index is -5.05. The Kier molecular flexibility index (Phi) is 6.54. The molecule has 0 aromatic rings.